The molecule has 2 aromatic rings. The van der Waals surface area contributed by atoms with Gasteiger partial charge in [0.25, 0.3) is 0 Å². The Morgan fingerprint density at radius 1 is 0.929 bits per heavy atom. The summed E-state index contributed by atoms with van der Waals surface area (Å²) in [5.74, 6) is 1.62. The molecule has 3 aliphatic rings. The monoisotopic (exact) mass is 576 g/mol. The molecule has 42 heavy (non-hydrogen) atoms. The molecule has 1 N–H and O–H groups in total. The van der Waals surface area contributed by atoms with Gasteiger partial charge in [-0.1, -0.05) is 62.4 Å². The fraction of sp³-hybridized carbons (Fsp3) is 0.545. The van der Waals surface area contributed by atoms with Crippen LogP contribution in [0.2, 0.25) is 0 Å². The predicted octanol–water partition coefficient (Wildman–Crippen LogP) is 5.65. The predicted molar refractivity (Wildman–Crippen MR) is 161 cm³/mol. The quantitative estimate of drug-likeness (QED) is 0.158. The first-order chi connectivity index (χ1) is 20.7. The van der Waals surface area contributed by atoms with E-state index in [1.165, 1.54) is 19.3 Å². The molecule has 9 heteroatoms. The summed E-state index contributed by atoms with van der Waals surface area (Å²) in [5, 5.41) is 2.79. The van der Waals surface area contributed by atoms with Crippen LogP contribution >= 0.6 is 0 Å². The van der Waals surface area contributed by atoms with Gasteiger partial charge in [-0.05, 0) is 55.9 Å². The third-order valence-corrected chi connectivity index (χ3v) is 8.19. The van der Waals surface area contributed by atoms with Crippen molar-refractivity contribution in [2.24, 2.45) is 4.99 Å². The Morgan fingerprint density at radius 3 is 2.62 bits per heavy atom. The van der Waals surface area contributed by atoms with Gasteiger partial charge in [0.1, 0.15) is 18.9 Å². The van der Waals surface area contributed by atoms with Crippen LogP contribution in [-0.4, -0.2) is 59.9 Å². The number of nitrogens with one attached hydrogen (secondary N) is 1. The highest BCUT2D eigenvalue weighted by Crippen LogP contribution is 2.30. The molecule has 2 fully saturated rings. The van der Waals surface area contributed by atoms with Gasteiger partial charge in [-0.3, -0.25) is 14.9 Å². The molecule has 1 saturated carbocycles. The summed E-state index contributed by atoms with van der Waals surface area (Å²) in [6, 6.07) is 16.2. The van der Waals surface area contributed by atoms with E-state index < -0.39 is 0 Å². The molecule has 9 nitrogen and oxygen atoms in total. The topological polar surface area (TPSA) is 92.7 Å². The minimum absolute atomic E-state index is 0.0279. The number of amides is 2. The second kappa shape index (κ2) is 15.7. The minimum Gasteiger partial charge on any atom is -0.494 e. The average Bonchev–Trinajstić information content (AvgIpc) is 3.38. The van der Waals surface area contributed by atoms with E-state index in [1.54, 1.807) is 0 Å². The maximum absolute atomic E-state index is 13.3. The van der Waals surface area contributed by atoms with Crippen LogP contribution in [0.3, 0.4) is 0 Å². The lowest BCUT2D eigenvalue weighted by Gasteiger charge is -2.34. The van der Waals surface area contributed by atoms with Gasteiger partial charge in [0.2, 0.25) is 17.8 Å². The molecule has 5 rings (SSSR count). The molecule has 2 heterocycles. The van der Waals surface area contributed by atoms with Gasteiger partial charge in [0, 0.05) is 31.1 Å². The molecule has 2 amide bonds. The van der Waals surface area contributed by atoms with E-state index in [9.17, 15) is 9.59 Å². The van der Waals surface area contributed by atoms with Crippen LogP contribution in [0.4, 0.5) is 5.69 Å². The Labute approximate surface area is 249 Å². The molecular weight excluding hydrogens is 532 g/mol. The number of benzene rings is 2. The van der Waals surface area contributed by atoms with Gasteiger partial charge in [-0.2, -0.15) is 0 Å². The molecule has 2 aromatic carbocycles. The van der Waals surface area contributed by atoms with Crippen molar-refractivity contribution in [1.82, 2.24) is 15.1 Å². The van der Waals surface area contributed by atoms with Crippen LogP contribution in [0.15, 0.2) is 53.5 Å². The number of hydrogen-bond acceptors (Lipinski definition) is 7. The Kier molecular flexibility index (Phi) is 11.2. The molecule has 0 aromatic heterocycles. The molecule has 226 valence electrons. The highest BCUT2D eigenvalue weighted by atomic mass is 17.2. The van der Waals surface area contributed by atoms with Crippen LogP contribution in [-0.2, 0) is 32.5 Å². The van der Waals surface area contributed by atoms with Gasteiger partial charge in [-0.25, -0.2) is 14.8 Å². The molecule has 1 aliphatic carbocycles. The number of hydrogen-bond donors (Lipinski definition) is 1. The number of nitrogens with zero attached hydrogens (tertiary/aromatic N) is 3. The van der Waals surface area contributed by atoms with Crippen LogP contribution in [0.1, 0.15) is 81.8 Å². The van der Waals surface area contributed by atoms with Crippen molar-refractivity contribution in [2.75, 3.05) is 26.3 Å². The van der Waals surface area contributed by atoms with E-state index in [0.717, 1.165) is 67.6 Å². The molecule has 0 bridgehead atoms. The lowest BCUT2D eigenvalue weighted by Crippen LogP contribution is -2.42. The summed E-state index contributed by atoms with van der Waals surface area (Å²) in [5.41, 5.74) is 3.00. The van der Waals surface area contributed by atoms with Crippen molar-refractivity contribution in [1.29, 1.82) is 0 Å². The van der Waals surface area contributed by atoms with Gasteiger partial charge in [0.15, 0.2) is 0 Å². The van der Waals surface area contributed by atoms with Crippen molar-refractivity contribution in [3.63, 3.8) is 0 Å². The Morgan fingerprint density at radius 2 is 1.76 bits per heavy atom. The highest BCUT2D eigenvalue weighted by molar-refractivity contribution is 6.05. The molecular formula is C33H44N4O5. The zero-order valence-electron chi connectivity index (χ0n) is 24.6. The summed E-state index contributed by atoms with van der Waals surface area (Å²) in [4.78, 5) is 44.3. The number of ether oxygens (including phenoxy) is 1. The van der Waals surface area contributed by atoms with Gasteiger partial charge in [0.05, 0.1) is 18.9 Å². The lowest BCUT2D eigenvalue weighted by molar-refractivity contribution is -0.304. The number of unbranched alkanes of at least 4 members (excludes halogenated alkanes) is 3. The van der Waals surface area contributed by atoms with E-state index in [4.69, 9.17) is 14.5 Å². The maximum atomic E-state index is 13.3. The van der Waals surface area contributed by atoms with Crippen LogP contribution in [0, 0.1) is 0 Å². The summed E-state index contributed by atoms with van der Waals surface area (Å²) in [6.07, 6.45) is 11.2. The Bertz CT molecular complexity index is 1200. The van der Waals surface area contributed by atoms with Crippen molar-refractivity contribution in [2.45, 2.75) is 89.8 Å². The molecule has 0 spiro atoms. The van der Waals surface area contributed by atoms with E-state index in [-0.39, 0.29) is 11.8 Å². The third kappa shape index (κ3) is 8.79. The lowest BCUT2D eigenvalue weighted by atomic mass is 9.93. The second-order valence-electron chi connectivity index (χ2n) is 11.4. The number of fused-ring (bicyclic) bond motifs is 2. The van der Waals surface area contributed by atoms with Gasteiger partial charge in [-0.15, -0.1) is 0 Å². The first-order valence-corrected chi connectivity index (χ1v) is 15.6. The van der Waals surface area contributed by atoms with E-state index in [1.807, 2.05) is 53.4 Å². The second-order valence-corrected chi connectivity index (χ2v) is 11.4. The Hall–Kier alpha value is -3.43. The van der Waals surface area contributed by atoms with Crippen LogP contribution in [0.25, 0.3) is 0 Å². The standard InChI is InChI=1S/C33H44N4O5/c38-31-24-36-23-27-22-29(17-18-30(27)34-33(36)35-31)40-20-11-16-32(39)37(28-14-7-4-8-15-28)19-9-1-2-10-21-41-42-25-26-12-5-3-6-13-26/h3,5-6,12-13,17-18,22,28H,1-2,4,7-11,14-16,19-21,23-25H2,(H,34,35,38). The summed E-state index contributed by atoms with van der Waals surface area (Å²) in [7, 11) is 0. The first kappa shape index (κ1) is 30.0. The Balaban J connectivity index is 0.988. The van der Waals surface area contributed by atoms with Crippen LogP contribution < -0.4 is 10.1 Å². The number of carbonyl (C=O) groups excluding carboxylic acids is 2. The van der Waals surface area contributed by atoms with Gasteiger partial charge < -0.3 is 14.5 Å². The fourth-order valence-electron chi connectivity index (χ4n) is 5.93. The summed E-state index contributed by atoms with van der Waals surface area (Å²) < 4.78 is 6.02. The zero-order chi connectivity index (χ0) is 29.0. The minimum atomic E-state index is -0.0279. The summed E-state index contributed by atoms with van der Waals surface area (Å²) in [6.45, 7) is 3.35. The van der Waals surface area contributed by atoms with Crippen LogP contribution in [0.5, 0.6) is 5.75 Å². The molecule has 1 saturated heterocycles. The summed E-state index contributed by atoms with van der Waals surface area (Å²) >= 11 is 0. The van der Waals surface area contributed by atoms with Gasteiger partial charge >= 0.3 is 0 Å². The van der Waals surface area contributed by atoms with E-state index >= 15 is 0 Å². The van der Waals surface area contributed by atoms with Crippen molar-refractivity contribution >= 4 is 23.5 Å². The van der Waals surface area contributed by atoms with Crippen molar-refractivity contribution in [3.05, 3.63) is 59.7 Å². The number of carbonyl (C=O) groups is 2. The zero-order valence-corrected chi connectivity index (χ0v) is 24.6. The van der Waals surface area contributed by atoms with Crippen molar-refractivity contribution in [3.8, 4) is 5.75 Å². The fourth-order valence-corrected chi connectivity index (χ4v) is 5.93. The first-order valence-electron chi connectivity index (χ1n) is 15.6. The number of rotatable bonds is 16. The molecule has 0 radical (unpaired) electrons. The number of guanidine groups is 1. The highest BCUT2D eigenvalue weighted by Gasteiger charge is 2.29. The molecule has 0 unspecified atom stereocenters. The van der Waals surface area contributed by atoms with E-state index in [2.05, 4.69) is 15.2 Å². The van der Waals surface area contributed by atoms with E-state index in [0.29, 0.717) is 57.8 Å². The average molecular weight is 577 g/mol. The maximum Gasteiger partial charge on any atom is 0.246 e. The SMILES string of the molecule is O=C1CN2Cc3cc(OCCCC(=O)N(CCCCCCOOCc4ccccc4)C4CCCCC4)ccc3N=C2N1. The molecule has 2 aliphatic heterocycles. The smallest absolute Gasteiger partial charge is 0.246 e. The number of aliphatic imine (C=N–C) groups is 1. The van der Waals surface area contributed by atoms with Crippen molar-refractivity contribution < 1.29 is 24.1 Å². The largest absolute Gasteiger partial charge is 0.494 e. The third-order valence-electron chi connectivity index (χ3n) is 8.19. The normalized spacial score (nSPS) is 16.4. The molecule has 0 atom stereocenters.